The maximum absolute atomic E-state index is 10.7. The molecule has 0 saturated heterocycles. The smallest absolute Gasteiger partial charge is 0.396 e. The normalized spacial score (nSPS) is 12.9. The van der Waals surface area contributed by atoms with E-state index in [0.29, 0.717) is 6.42 Å². The Morgan fingerprint density at radius 2 is 1.53 bits per heavy atom. The van der Waals surface area contributed by atoms with Gasteiger partial charge >= 0.3 is 7.82 Å². The number of phosphoric acid groups is 1. The van der Waals surface area contributed by atoms with Gasteiger partial charge in [-0.3, -0.25) is 4.52 Å². The SMILES string of the molecule is CCCCCCCCC(CO)(CO)COP(=O)(O)O. The molecule has 0 spiro atoms. The number of unbranched alkanes of at least 4 members (excludes halogenated alkanes) is 5. The van der Waals surface area contributed by atoms with Crippen molar-refractivity contribution in [1.29, 1.82) is 0 Å². The third-order valence-electron chi connectivity index (χ3n) is 3.27. The molecule has 0 aromatic carbocycles. The molecule has 0 aliphatic rings. The van der Waals surface area contributed by atoms with E-state index in [0.717, 1.165) is 19.3 Å². The Morgan fingerprint density at radius 1 is 1.00 bits per heavy atom. The van der Waals surface area contributed by atoms with Gasteiger partial charge in [0.05, 0.1) is 19.8 Å². The Kier molecular flexibility index (Phi) is 9.87. The first-order chi connectivity index (χ1) is 8.89. The van der Waals surface area contributed by atoms with E-state index in [-0.39, 0.29) is 19.8 Å². The summed E-state index contributed by atoms with van der Waals surface area (Å²) >= 11 is 0. The molecule has 0 atom stereocenters. The predicted molar refractivity (Wildman–Crippen MR) is 72.6 cm³/mol. The zero-order valence-corrected chi connectivity index (χ0v) is 12.5. The second-order valence-corrected chi connectivity index (χ2v) is 6.34. The highest BCUT2D eigenvalue weighted by Crippen LogP contribution is 2.39. The minimum Gasteiger partial charge on any atom is -0.396 e. The second kappa shape index (κ2) is 9.86. The molecule has 0 saturated carbocycles. The van der Waals surface area contributed by atoms with E-state index >= 15 is 0 Å². The predicted octanol–water partition coefficient (Wildman–Crippen LogP) is 1.82. The molecule has 0 radical (unpaired) electrons. The molecule has 7 heteroatoms. The Morgan fingerprint density at radius 3 is 2.00 bits per heavy atom. The fraction of sp³-hybridized carbons (Fsp3) is 1.00. The van der Waals surface area contributed by atoms with Gasteiger partial charge in [0, 0.05) is 5.41 Å². The van der Waals surface area contributed by atoms with E-state index in [1.807, 2.05) is 0 Å². The average Bonchev–Trinajstić information content (AvgIpc) is 2.37. The van der Waals surface area contributed by atoms with Crippen LogP contribution in [0.5, 0.6) is 0 Å². The summed E-state index contributed by atoms with van der Waals surface area (Å²) in [5, 5.41) is 18.6. The quantitative estimate of drug-likeness (QED) is 0.323. The second-order valence-electron chi connectivity index (χ2n) is 5.10. The number of phosphoric ester groups is 1. The fourth-order valence-corrected chi connectivity index (χ4v) is 2.31. The highest BCUT2D eigenvalue weighted by Gasteiger charge is 2.31. The molecule has 0 aliphatic heterocycles. The molecule has 4 N–H and O–H groups in total. The zero-order chi connectivity index (χ0) is 14.8. The lowest BCUT2D eigenvalue weighted by Crippen LogP contribution is -2.34. The van der Waals surface area contributed by atoms with Crippen LogP contribution < -0.4 is 0 Å². The zero-order valence-electron chi connectivity index (χ0n) is 11.6. The van der Waals surface area contributed by atoms with Crippen LogP contribution in [0, 0.1) is 5.41 Å². The van der Waals surface area contributed by atoms with Crippen molar-refractivity contribution in [3.63, 3.8) is 0 Å². The standard InChI is InChI=1S/C12H27O6P/c1-2-3-4-5-6-7-8-12(9-13,10-14)11-18-19(15,16)17/h13-14H,2-11H2,1H3,(H2,15,16,17). The van der Waals surface area contributed by atoms with Crippen LogP contribution in [-0.4, -0.2) is 39.8 Å². The summed E-state index contributed by atoms with van der Waals surface area (Å²) in [6, 6.07) is 0. The van der Waals surface area contributed by atoms with Gasteiger partial charge in [-0.05, 0) is 6.42 Å². The van der Waals surface area contributed by atoms with Gasteiger partial charge in [0.1, 0.15) is 0 Å². The first kappa shape index (κ1) is 19.0. The molecule has 0 bridgehead atoms. The monoisotopic (exact) mass is 298 g/mol. The van der Waals surface area contributed by atoms with Crippen LogP contribution in [0.4, 0.5) is 0 Å². The highest BCUT2D eigenvalue weighted by molar-refractivity contribution is 7.46. The minimum absolute atomic E-state index is 0.334. The largest absolute Gasteiger partial charge is 0.469 e. The maximum atomic E-state index is 10.7. The van der Waals surface area contributed by atoms with Crippen molar-refractivity contribution in [2.45, 2.75) is 51.9 Å². The van der Waals surface area contributed by atoms with Crippen molar-refractivity contribution in [3.05, 3.63) is 0 Å². The van der Waals surface area contributed by atoms with Crippen LogP contribution in [0.15, 0.2) is 0 Å². The summed E-state index contributed by atoms with van der Waals surface area (Å²) in [5.74, 6) is 0. The van der Waals surface area contributed by atoms with Crippen molar-refractivity contribution in [1.82, 2.24) is 0 Å². The fourth-order valence-electron chi connectivity index (χ4n) is 1.87. The topological polar surface area (TPSA) is 107 Å². The molecule has 0 aromatic rings. The van der Waals surface area contributed by atoms with E-state index in [9.17, 15) is 14.8 Å². The average molecular weight is 298 g/mol. The summed E-state index contributed by atoms with van der Waals surface area (Å²) in [6.45, 7) is 1.11. The van der Waals surface area contributed by atoms with Crippen LogP contribution in [-0.2, 0) is 9.09 Å². The lowest BCUT2D eigenvalue weighted by Gasteiger charge is -2.29. The molecule has 19 heavy (non-hydrogen) atoms. The van der Waals surface area contributed by atoms with Gasteiger partial charge in [0.2, 0.25) is 0 Å². The molecule has 0 amide bonds. The van der Waals surface area contributed by atoms with E-state index < -0.39 is 13.2 Å². The maximum Gasteiger partial charge on any atom is 0.469 e. The molecular weight excluding hydrogens is 271 g/mol. The van der Waals surface area contributed by atoms with Crippen molar-refractivity contribution in [2.75, 3.05) is 19.8 Å². The van der Waals surface area contributed by atoms with Crippen molar-refractivity contribution in [2.24, 2.45) is 5.41 Å². The Balaban J connectivity index is 4.05. The van der Waals surface area contributed by atoms with Gasteiger partial charge in [-0.1, -0.05) is 45.4 Å². The van der Waals surface area contributed by atoms with Crippen LogP contribution in [0.1, 0.15) is 51.9 Å². The van der Waals surface area contributed by atoms with E-state index in [4.69, 9.17) is 9.79 Å². The van der Waals surface area contributed by atoms with Gasteiger partial charge in [-0.2, -0.15) is 0 Å². The Hall–Kier alpha value is 0.0300. The van der Waals surface area contributed by atoms with Gasteiger partial charge in [0.15, 0.2) is 0 Å². The first-order valence-electron chi connectivity index (χ1n) is 6.81. The minimum atomic E-state index is -4.56. The number of aliphatic hydroxyl groups excluding tert-OH is 2. The number of rotatable bonds is 12. The van der Waals surface area contributed by atoms with Crippen LogP contribution >= 0.6 is 7.82 Å². The highest BCUT2D eigenvalue weighted by atomic mass is 31.2. The molecule has 0 fully saturated rings. The lowest BCUT2D eigenvalue weighted by atomic mass is 9.85. The van der Waals surface area contributed by atoms with Crippen LogP contribution in [0.25, 0.3) is 0 Å². The number of aliphatic hydroxyl groups is 2. The molecule has 0 unspecified atom stereocenters. The molecule has 0 heterocycles. The van der Waals surface area contributed by atoms with Gasteiger partial charge in [-0.25, -0.2) is 4.57 Å². The summed E-state index contributed by atoms with van der Waals surface area (Å²) < 4.78 is 15.1. The number of hydrogen-bond acceptors (Lipinski definition) is 4. The van der Waals surface area contributed by atoms with Crippen molar-refractivity contribution in [3.8, 4) is 0 Å². The third-order valence-corrected chi connectivity index (χ3v) is 3.74. The van der Waals surface area contributed by atoms with Gasteiger partial charge in [0.25, 0.3) is 0 Å². The van der Waals surface area contributed by atoms with Gasteiger partial charge in [-0.15, -0.1) is 0 Å². The Labute approximate surface area is 115 Å². The van der Waals surface area contributed by atoms with Crippen LogP contribution in [0.3, 0.4) is 0 Å². The molecule has 0 rings (SSSR count). The number of hydrogen-bond donors (Lipinski definition) is 4. The summed E-state index contributed by atoms with van der Waals surface area (Å²) in [5.41, 5.74) is -0.966. The van der Waals surface area contributed by atoms with Crippen molar-refractivity contribution < 1.29 is 29.1 Å². The molecular formula is C12H27O6P. The molecule has 0 aliphatic carbocycles. The Bertz CT molecular complexity index is 261. The molecule has 116 valence electrons. The van der Waals surface area contributed by atoms with Gasteiger partial charge < -0.3 is 20.0 Å². The first-order valence-corrected chi connectivity index (χ1v) is 8.34. The third kappa shape index (κ3) is 9.55. The molecule has 6 nitrogen and oxygen atoms in total. The summed E-state index contributed by atoms with van der Waals surface area (Å²) in [4.78, 5) is 17.3. The molecule has 0 aromatic heterocycles. The summed E-state index contributed by atoms with van der Waals surface area (Å²) in [6.07, 6.45) is 6.92. The lowest BCUT2D eigenvalue weighted by molar-refractivity contribution is -0.00240. The van der Waals surface area contributed by atoms with E-state index in [2.05, 4.69) is 11.4 Å². The van der Waals surface area contributed by atoms with Crippen molar-refractivity contribution >= 4 is 7.82 Å². The summed E-state index contributed by atoms with van der Waals surface area (Å²) in [7, 11) is -4.56. The van der Waals surface area contributed by atoms with Crippen LogP contribution in [0.2, 0.25) is 0 Å². The van der Waals surface area contributed by atoms with E-state index in [1.54, 1.807) is 0 Å². The van der Waals surface area contributed by atoms with E-state index in [1.165, 1.54) is 19.3 Å².